The molecule has 2 rings (SSSR count). The number of hydrogen-bond donors (Lipinski definition) is 3. The van der Waals surface area contributed by atoms with Crippen molar-refractivity contribution < 1.29 is 8.42 Å². The highest BCUT2D eigenvalue weighted by Gasteiger charge is 2.21. The standard InChI is InChI=1S/C12H13ClN4O2S2/c1-6-11(7(2)16-15-6)17-21(18,19)10-5-8(12(14)20)3-4-9(10)13/h3-5,17H,1-2H3,(H2,14,20)(H,15,16). The van der Waals surface area contributed by atoms with Crippen LogP contribution in [0.1, 0.15) is 17.0 Å². The van der Waals surface area contributed by atoms with E-state index in [0.29, 0.717) is 22.6 Å². The zero-order valence-corrected chi connectivity index (χ0v) is 13.7. The first-order valence-corrected chi connectivity index (χ1v) is 8.13. The average molecular weight is 345 g/mol. The van der Waals surface area contributed by atoms with Gasteiger partial charge in [0, 0.05) is 5.56 Å². The molecule has 0 fully saturated rings. The van der Waals surface area contributed by atoms with Crippen molar-refractivity contribution in [2.24, 2.45) is 5.73 Å². The fraction of sp³-hybridized carbons (Fsp3) is 0.167. The van der Waals surface area contributed by atoms with Gasteiger partial charge in [-0.1, -0.05) is 29.9 Å². The van der Waals surface area contributed by atoms with Crippen molar-refractivity contribution in [3.05, 3.63) is 40.2 Å². The van der Waals surface area contributed by atoms with E-state index in [2.05, 4.69) is 14.9 Å². The first kappa shape index (κ1) is 15.7. The zero-order valence-electron chi connectivity index (χ0n) is 11.3. The predicted molar refractivity (Wildman–Crippen MR) is 86.2 cm³/mol. The van der Waals surface area contributed by atoms with Gasteiger partial charge in [-0.3, -0.25) is 9.82 Å². The van der Waals surface area contributed by atoms with E-state index in [0.717, 1.165) is 0 Å². The molecule has 1 heterocycles. The van der Waals surface area contributed by atoms with Crippen LogP contribution in [0.4, 0.5) is 5.69 Å². The molecule has 6 nitrogen and oxygen atoms in total. The number of thiocarbonyl (C=S) groups is 1. The molecule has 0 unspecified atom stereocenters. The number of aryl methyl sites for hydroxylation is 2. The van der Waals surface area contributed by atoms with Gasteiger partial charge in [0.05, 0.1) is 22.1 Å². The molecule has 0 aliphatic heterocycles. The minimum absolute atomic E-state index is 0.0845. The van der Waals surface area contributed by atoms with E-state index in [1.165, 1.54) is 12.1 Å². The van der Waals surface area contributed by atoms with Gasteiger partial charge in [0.1, 0.15) is 9.88 Å². The minimum Gasteiger partial charge on any atom is -0.389 e. The molecule has 21 heavy (non-hydrogen) atoms. The van der Waals surface area contributed by atoms with Crippen LogP contribution in [0.2, 0.25) is 5.02 Å². The van der Waals surface area contributed by atoms with Crippen molar-refractivity contribution >= 4 is 44.5 Å². The number of H-pyrrole nitrogens is 1. The number of aromatic nitrogens is 2. The largest absolute Gasteiger partial charge is 0.389 e. The maximum atomic E-state index is 12.5. The number of sulfonamides is 1. The summed E-state index contributed by atoms with van der Waals surface area (Å²) in [5.41, 5.74) is 7.49. The monoisotopic (exact) mass is 344 g/mol. The second-order valence-corrected chi connectivity index (χ2v) is 6.92. The molecule has 112 valence electrons. The Hall–Kier alpha value is -1.64. The van der Waals surface area contributed by atoms with Crippen LogP contribution in [0.15, 0.2) is 23.1 Å². The van der Waals surface area contributed by atoms with E-state index >= 15 is 0 Å². The Bertz CT molecular complexity index is 795. The maximum Gasteiger partial charge on any atom is 0.263 e. The summed E-state index contributed by atoms with van der Waals surface area (Å²) >= 11 is 10.8. The van der Waals surface area contributed by atoms with E-state index < -0.39 is 10.0 Å². The number of nitrogens with two attached hydrogens (primary N) is 1. The van der Waals surface area contributed by atoms with Gasteiger partial charge in [-0.25, -0.2) is 8.42 Å². The molecule has 2 aromatic rings. The number of benzene rings is 1. The summed E-state index contributed by atoms with van der Waals surface area (Å²) in [6.07, 6.45) is 0. The highest BCUT2D eigenvalue weighted by molar-refractivity contribution is 7.92. The quantitative estimate of drug-likeness (QED) is 0.737. The normalized spacial score (nSPS) is 11.4. The van der Waals surface area contributed by atoms with Crippen molar-refractivity contribution in [1.29, 1.82) is 0 Å². The first-order chi connectivity index (χ1) is 9.72. The highest BCUT2D eigenvalue weighted by Crippen LogP contribution is 2.27. The fourth-order valence-corrected chi connectivity index (χ4v) is 3.59. The molecule has 9 heteroatoms. The number of hydrogen-bond acceptors (Lipinski definition) is 4. The van der Waals surface area contributed by atoms with Crippen molar-refractivity contribution in [3.8, 4) is 0 Å². The number of anilines is 1. The third-order valence-corrected chi connectivity index (χ3v) is 4.94. The molecule has 0 radical (unpaired) electrons. The van der Waals surface area contributed by atoms with Crippen LogP contribution in [0, 0.1) is 13.8 Å². The third kappa shape index (κ3) is 3.17. The van der Waals surface area contributed by atoms with Gasteiger partial charge in [0.2, 0.25) is 0 Å². The second-order valence-electron chi connectivity index (χ2n) is 4.42. The van der Waals surface area contributed by atoms with Gasteiger partial charge < -0.3 is 5.73 Å². The van der Waals surface area contributed by atoms with Crippen molar-refractivity contribution in [1.82, 2.24) is 10.2 Å². The molecule has 0 saturated carbocycles. The van der Waals surface area contributed by atoms with Gasteiger partial charge in [-0.15, -0.1) is 0 Å². The zero-order chi connectivity index (χ0) is 15.8. The molecule has 0 bridgehead atoms. The van der Waals surface area contributed by atoms with E-state index in [1.807, 2.05) is 0 Å². The summed E-state index contributed by atoms with van der Waals surface area (Å²) in [4.78, 5) is 0.00764. The minimum atomic E-state index is -3.87. The average Bonchev–Trinajstić information content (AvgIpc) is 2.70. The van der Waals surface area contributed by atoms with Gasteiger partial charge >= 0.3 is 0 Å². The summed E-state index contributed by atoms with van der Waals surface area (Å²) in [5.74, 6) is 0. The van der Waals surface area contributed by atoms with E-state index in [-0.39, 0.29) is 14.9 Å². The van der Waals surface area contributed by atoms with Crippen LogP contribution in [-0.4, -0.2) is 23.6 Å². The number of nitrogens with one attached hydrogen (secondary N) is 2. The Balaban J connectivity index is 2.49. The molecule has 0 saturated heterocycles. The van der Waals surface area contributed by atoms with E-state index in [4.69, 9.17) is 29.6 Å². The van der Waals surface area contributed by atoms with Gasteiger partial charge in [0.15, 0.2) is 0 Å². The Morgan fingerprint density at radius 1 is 1.43 bits per heavy atom. The van der Waals surface area contributed by atoms with Crippen LogP contribution in [-0.2, 0) is 10.0 Å². The second kappa shape index (κ2) is 5.63. The Kier molecular flexibility index (Phi) is 4.22. The van der Waals surface area contributed by atoms with Gasteiger partial charge in [-0.2, -0.15) is 5.10 Å². The topological polar surface area (TPSA) is 101 Å². The van der Waals surface area contributed by atoms with Gasteiger partial charge in [-0.05, 0) is 26.0 Å². The molecular formula is C12H13ClN4O2S2. The molecule has 0 spiro atoms. The first-order valence-electron chi connectivity index (χ1n) is 5.86. The third-order valence-electron chi connectivity index (χ3n) is 2.87. The molecule has 0 aliphatic rings. The lowest BCUT2D eigenvalue weighted by molar-refractivity contribution is 0.601. The summed E-state index contributed by atoms with van der Waals surface area (Å²) in [6, 6.07) is 4.36. The molecule has 0 aliphatic carbocycles. The van der Waals surface area contributed by atoms with Gasteiger partial charge in [0.25, 0.3) is 10.0 Å². The lowest BCUT2D eigenvalue weighted by atomic mass is 10.2. The summed E-state index contributed by atoms with van der Waals surface area (Å²) in [7, 11) is -3.87. The summed E-state index contributed by atoms with van der Waals surface area (Å²) in [6.45, 7) is 3.40. The number of halogens is 1. The number of rotatable bonds is 4. The molecular weight excluding hydrogens is 332 g/mol. The number of aromatic amines is 1. The fourth-order valence-electron chi connectivity index (χ4n) is 1.75. The summed E-state index contributed by atoms with van der Waals surface area (Å²) in [5, 5.41) is 6.73. The molecule has 0 atom stereocenters. The Morgan fingerprint density at radius 3 is 2.62 bits per heavy atom. The predicted octanol–water partition coefficient (Wildman–Crippen LogP) is 2.11. The van der Waals surface area contributed by atoms with Crippen LogP contribution in [0.5, 0.6) is 0 Å². The van der Waals surface area contributed by atoms with Crippen LogP contribution in [0.25, 0.3) is 0 Å². The van der Waals surface area contributed by atoms with Crippen molar-refractivity contribution in [2.45, 2.75) is 18.7 Å². The lowest BCUT2D eigenvalue weighted by Crippen LogP contribution is -2.16. The molecule has 4 N–H and O–H groups in total. The molecule has 0 amide bonds. The van der Waals surface area contributed by atoms with E-state index in [1.54, 1.807) is 19.9 Å². The maximum absolute atomic E-state index is 12.5. The molecule has 1 aromatic heterocycles. The SMILES string of the molecule is Cc1n[nH]c(C)c1NS(=O)(=O)c1cc(C(N)=S)ccc1Cl. The molecule has 1 aromatic carbocycles. The number of nitrogens with zero attached hydrogens (tertiary/aromatic N) is 1. The Labute approximate surface area is 132 Å². The van der Waals surface area contributed by atoms with Crippen molar-refractivity contribution in [3.63, 3.8) is 0 Å². The van der Waals surface area contributed by atoms with Crippen LogP contribution < -0.4 is 10.5 Å². The smallest absolute Gasteiger partial charge is 0.263 e. The highest BCUT2D eigenvalue weighted by atomic mass is 35.5. The van der Waals surface area contributed by atoms with E-state index in [9.17, 15) is 8.42 Å². The van der Waals surface area contributed by atoms with Crippen LogP contribution >= 0.6 is 23.8 Å². The summed E-state index contributed by atoms with van der Waals surface area (Å²) < 4.78 is 27.4. The Morgan fingerprint density at radius 2 is 2.10 bits per heavy atom. The van der Waals surface area contributed by atoms with Crippen molar-refractivity contribution in [2.75, 3.05) is 4.72 Å². The van der Waals surface area contributed by atoms with Crippen LogP contribution in [0.3, 0.4) is 0 Å². The lowest BCUT2D eigenvalue weighted by Gasteiger charge is -2.11.